The Morgan fingerprint density at radius 1 is 1.07 bits per heavy atom. The lowest BCUT2D eigenvalue weighted by atomic mass is 10.2. The van der Waals surface area contributed by atoms with Gasteiger partial charge in [-0.1, -0.05) is 30.3 Å². The van der Waals surface area contributed by atoms with Crippen LogP contribution in [0.25, 0.3) is 0 Å². The van der Waals surface area contributed by atoms with Gasteiger partial charge in [-0.2, -0.15) is 0 Å². The Morgan fingerprint density at radius 2 is 1.82 bits per heavy atom. The average molecular weight is 384 g/mol. The highest BCUT2D eigenvalue weighted by Crippen LogP contribution is 2.26. The number of hydrogen-bond acceptors (Lipinski definition) is 5. The number of rotatable bonds is 8. The van der Waals surface area contributed by atoms with E-state index in [4.69, 9.17) is 9.15 Å². The Hall–Kier alpha value is -3.68. The first-order valence-corrected chi connectivity index (χ1v) is 8.44. The summed E-state index contributed by atoms with van der Waals surface area (Å²) < 4.78 is 24.7. The van der Waals surface area contributed by atoms with Crippen molar-refractivity contribution in [2.75, 3.05) is 6.61 Å². The third-order valence-corrected chi connectivity index (χ3v) is 4.01. The molecule has 0 aliphatic heterocycles. The maximum atomic E-state index is 14.0. The third-order valence-electron chi connectivity index (χ3n) is 4.01. The summed E-state index contributed by atoms with van der Waals surface area (Å²) in [5, 5.41) is 11.1. The number of ether oxygens (including phenoxy) is 1. The predicted octanol–water partition coefficient (Wildman–Crippen LogP) is 3.93. The average Bonchev–Trinajstić information content (AvgIpc) is 3.20. The molecule has 0 unspecified atom stereocenters. The summed E-state index contributed by atoms with van der Waals surface area (Å²) in [6.07, 6.45) is 1.48. The number of benzene rings is 2. The van der Waals surface area contributed by atoms with Crippen molar-refractivity contribution in [3.05, 3.63) is 94.2 Å². The molecule has 0 saturated heterocycles. The second-order valence-corrected chi connectivity index (χ2v) is 5.93. The van der Waals surface area contributed by atoms with E-state index in [1.54, 1.807) is 36.4 Å². The van der Waals surface area contributed by atoms with Crippen molar-refractivity contribution in [1.29, 1.82) is 0 Å². The molecule has 3 rings (SSSR count). The number of furan rings is 1. The van der Waals surface area contributed by atoms with E-state index in [0.717, 1.165) is 0 Å². The summed E-state index contributed by atoms with van der Waals surface area (Å²) in [5.74, 6) is -0.378. The van der Waals surface area contributed by atoms with Gasteiger partial charge in [-0.25, -0.2) is 4.39 Å². The number of carbonyl (C=O) groups is 1. The quantitative estimate of drug-likeness (QED) is 0.434. The van der Waals surface area contributed by atoms with Crippen molar-refractivity contribution >= 4 is 11.6 Å². The van der Waals surface area contributed by atoms with E-state index in [9.17, 15) is 19.3 Å². The molecule has 0 aliphatic rings. The largest absolute Gasteiger partial charge is 0.477 e. The van der Waals surface area contributed by atoms with Gasteiger partial charge in [0.25, 0.3) is 5.91 Å². The molecule has 144 valence electrons. The molecule has 3 aromatic rings. The lowest BCUT2D eigenvalue weighted by Crippen LogP contribution is -2.34. The van der Waals surface area contributed by atoms with E-state index >= 15 is 0 Å². The molecule has 0 fully saturated rings. The molecule has 28 heavy (non-hydrogen) atoms. The van der Waals surface area contributed by atoms with E-state index in [1.165, 1.54) is 35.4 Å². The first-order valence-electron chi connectivity index (χ1n) is 8.44. The van der Waals surface area contributed by atoms with Gasteiger partial charge >= 0.3 is 5.69 Å². The molecular formula is C20H17FN2O5. The molecule has 0 saturated carbocycles. The summed E-state index contributed by atoms with van der Waals surface area (Å²) in [6.45, 7) is -0.313. The normalized spacial score (nSPS) is 10.5. The third kappa shape index (κ3) is 4.73. The number of halogens is 1. The topological polar surface area (TPSA) is 85.8 Å². The Morgan fingerprint density at radius 3 is 2.54 bits per heavy atom. The van der Waals surface area contributed by atoms with Crippen LogP contribution >= 0.6 is 0 Å². The van der Waals surface area contributed by atoms with Crippen molar-refractivity contribution in [1.82, 2.24) is 4.90 Å². The molecule has 0 atom stereocenters. The number of carbonyl (C=O) groups excluding carboxylic acids is 1. The molecule has 1 heterocycles. The summed E-state index contributed by atoms with van der Waals surface area (Å²) in [6, 6.07) is 15.3. The van der Waals surface area contributed by atoms with Crippen LogP contribution < -0.4 is 4.74 Å². The standard InChI is InChI=1S/C20H17FN2O5/c21-17-8-2-1-6-15(17)12-22(13-16-7-5-11-27-16)20(24)14-28-19-10-4-3-9-18(19)23(25)26/h1-11H,12-14H2. The predicted molar refractivity (Wildman–Crippen MR) is 98.0 cm³/mol. The maximum Gasteiger partial charge on any atom is 0.310 e. The van der Waals surface area contributed by atoms with Crippen LogP contribution in [0.1, 0.15) is 11.3 Å². The molecule has 0 aliphatic carbocycles. The highest BCUT2D eigenvalue weighted by Gasteiger charge is 2.20. The lowest BCUT2D eigenvalue weighted by molar-refractivity contribution is -0.385. The SMILES string of the molecule is O=C(COc1ccccc1[N+](=O)[O-])N(Cc1ccco1)Cc1ccccc1F. The first kappa shape index (κ1) is 19.1. The van der Waals surface area contributed by atoms with Gasteiger partial charge in [-0.05, 0) is 24.3 Å². The van der Waals surface area contributed by atoms with Crippen molar-refractivity contribution in [2.45, 2.75) is 13.1 Å². The molecule has 7 nitrogen and oxygen atoms in total. The second-order valence-electron chi connectivity index (χ2n) is 5.93. The molecule has 0 bridgehead atoms. The molecule has 0 spiro atoms. The van der Waals surface area contributed by atoms with Gasteiger partial charge in [-0.15, -0.1) is 0 Å². The van der Waals surface area contributed by atoms with Gasteiger partial charge in [-0.3, -0.25) is 14.9 Å². The zero-order valence-corrected chi connectivity index (χ0v) is 14.8. The van der Waals surface area contributed by atoms with E-state index in [-0.39, 0.29) is 24.5 Å². The monoisotopic (exact) mass is 384 g/mol. The van der Waals surface area contributed by atoms with Crippen LogP contribution in [0.4, 0.5) is 10.1 Å². The number of para-hydroxylation sites is 2. The molecule has 2 aromatic carbocycles. The van der Waals surface area contributed by atoms with Crippen molar-refractivity contribution in [3.63, 3.8) is 0 Å². The van der Waals surface area contributed by atoms with Gasteiger partial charge in [0.15, 0.2) is 12.4 Å². The maximum absolute atomic E-state index is 14.0. The summed E-state index contributed by atoms with van der Waals surface area (Å²) in [7, 11) is 0. The fraction of sp³-hybridized carbons (Fsp3) is 0.150. The lowest BCUT2D eigenvalue weighted by Gasteiger charge is -2.22. The van der Waals surface area contributed by atoms with Crippen LogP contribution in [0.15, 0.2) is 71.3 Å². The highest BCUT2D eigenvalue weighted by atomic mass is 19.1. The molecule has 8 heteroatoms. The minimum Gasteiger partial charge on any atom is -0.477 e. The Labute approximate surface area is 160 Å². The summed E-state index contributed by atoms with van der Waals surface area (Å²) in [4.78, 5) is 24.6. The van der Waals surface area contributed by atoms with Crippen LogP contribution in [0, 0.1) is 15.9 Å². The molecule has 0 N–H and O–H groups in total. The zero-order valence-electron chi connectivity index (χ0n) is 14.8. The summed E-state index contributed by atoms with van der Waals surface area (Å²) in [5.41, 5.74) is 0.107. The minimum absolute atomic E-state index is 0.00640. The number of nitrogens with zero attached hydrogens (tertiary/aromatic N) is 2. The van der Waals surface area contributed by atoms with E-state index in [1.807, 2.05) is 0 Å². The van der Waals surface area contributed by atoms with Gasteiger partial charge < -0.3 is 14.1 Å². The smallest absolute Gasteiger partial charge is 0.310 e. The van der Waals surface area contributed by atoms with E-state index < -0.39 is 23.3 Å². The number of nitro groups is 1. The van der Waals surface area contributed by atoms with E-state index in [2.05, 4.69) is 0 Å². The molecular weight excluding hydrogens is 367 g/mol. The fourth-order valence-electron chi connectivity index (χ4n) is 2.62. The van der Waals surface area contributed by atoms with Crippen LogP contribution in [0.3, 0.4) is 0 Å². The summed E-state index contributed by atoms with van der Waals surface area (Å²) >= 11 is 0. The van der Waals surface area contributed by atoms with E-state index in [0.29, 0.717) is 11.3 Å². The Kier molecular flexibility index (Phi) is 6.01. The van der Waals surface area contributed by atoms with Gasteiger partial charge in [0.2, 0.25) is 0 Å². The van der Waals surface area contributed by atoms with Crippen molar-refractivity contribution < 1.29 is 23.3 Å². The van der Waals surface area contributed by atoms with Gasteiger partial charge in [0, 0.05) is 18.2 Å². The molecule has 1 amide bonds. The zero-order chi connectivity index (χ0) is 19.9. The number of hydrogen-bond donors (Lipinski definition) is 0. The molecule has 1 aromatic heterocycles. The van der Waals surface area contributed by atoms with Crippen molar-refractivity contribution in [3.8, 4) is 5.75 Å². The van der Waals surface area contributed by atoms with Crippen LogP contribution in [0.2, 0.25) is 0 Å². The van der Waals surface area contributed by atoms with Crippen LogP contribution in [-0.4, -0.2) is 22.3 Å². The van der Waals surface area contributed by atoms with Gasteiger partial charge in [0.05, 0.1) is 17.7 Å². The Bertz CT molecular complexity index is 959. The van der Waals surface area contributed by atoms with Gasteiger partial charge in [0.1, 0.15) is 11.6 Å². The van der Waals surface area contributed by atoms with Crippen LogP contribution in [-0.2, 0) is 17.9 Å². The first-order chi connectivity index (χ1) is 13.5. The number of amides is 1. The van der Waals surface area contributed by atoms with Crippen molar-refractivity contribution in [2.24, 2.45) is 0 Å². The second kappa shape index (κ2) is 8.81. The van der Waals surface area contributed by atoms with Crippen LogP contribution in [0.5, 0.6) is 5.75 Å². The number of nitro benzene ring substituents is 1. The fourth-order valence-corrected chi connectivity index (χ4v) is 2.62. The highest BCUT2D eigenvalue weighted by molar-refractivity contribution is 5.78. The molecule has 0 radical (unpaired) electrons. The minimum atomic E-state index is -0.584. The Balaban J connectivity index is 1.75.